The van der Waals surface area contributed by atoms with Crippen molar-refractivity contribution < 1.29 is 14.6 Å². The third-order valence-electron chi connectivity index (χ3n) is 6.96. The van der Waals surface area contributed by atoms with Gasteiger partial charge in [-0.3, -0.25) is 9.88 Å². The number of methoxy groups -OCH3 is 1. The van der Waals surface area contributed by atoms with Crippen LogP contribution in [0.2, 0.25) is 5.02 Å². The van der Waals surface area contributed by atoms with Crippen molar-refractivity contribution >= 4 is 23.3 Å². The van der Waals surface area contributed by atoms with Crippen LogP contribution in [0.15, 0.2) is 55.0 Å². The molecule has 4 aromatic rings. The molecule has 2 fully saturated rings. The number of likely N-dealkylation sites (tertiary alicyclic amines) is 2. The molecule has 2 aliphatic heterocycles. The lowest BCUT2D eigenvalue weighted by molar-refractivity contribution is 0.0995. The SMILES string of the molecule is COc1cc(-c2c(-c3ccncc3)nn3c(CN4C[C@@H]5C[C@H]4CN5C(=O)O)ccnc23)ccc1Cl. The number of halogens is 1. The number of hydrogen-bond acceptors (Lipinski definition) is 6. The lowest BCUT2D eigenvalue weighted by Crippen LogP contribution is -2.48. The molecule has 2 bridgehead atoms. The molecule has 1 N–H and O–H groups in total. The summed E-state index contributed by atoms with van der Waals surface area (Å²) in [6.45, 7) is 1.93. The second-order valence-corrected chi connectivity index (χ2v) is 9.30. The number of benzene rings is 1. The Hall–Kier alpha value is -3.69. The molecule has 1 aromatic carbocycles. The minimum absolute atomic E-state index is 0.0527. The average Bonchev–Trinajstić information content (AvgIpc) is 3.58. The van der Waals surface area contributed by atoms with E-state index in [-0.39, 0.29) is 12.1 Å². The van der Waals surface area contributed by atoms with E-state index in [2.05, 4.69) is 9.88 Å². The Bertz CT molecular complexity index is 1430. The molecule has 0 unspecified atom stereocenters. The highest BCUT2D eigenvalue weighted by Gasteiger charge is 2.45. The topological polar surface area (TPSA) is 96.1 Å². The van der Waals surface area contributed by atoms with Gasteiger partial charge in [0.25, 0.3) is 0 Å². The smallest absolute Gasteiger partial charge is 0.407 e. The molecule has 2 aliphatic rings. The maximum Gasteiger partial charge on any atom is 0.407 e. The number of carboxylic acid groups (broad SMARTS) is 1. The van der Waals surface area contributed by atoms with Crippen molar-refractivity contribution in [1.82, 2.24) is 29.4 Å². The summed E-state index contributed by atoms with van der Waals surface area (Å²) in [6.07, 6.45) is 5.33. The summed E-state index contributed by atoms with van der Waals surface area (Å²) >= 11 is 6.30. The molecular weight excluding hydrogens is 468 g/mol. The van der Waals surface area contributed by atoms with Crippen LogP contribution in [-0.2, 0) is 6.54 Å². The summed E-state index contributed by atoms with van der Waals surface area (Å²) in [4.78, 5) is 24.2. The number of rotatable bonds is 5. The van der Waals surface area contributed by atoms with Crippen molar-refractivity contribution in [2.24, 2.45) is 0 Å². The van der Waals surface area contributed by atoms with Gasteiger partial charge in [-0.05, 0) is 42.3 Å². The number of piperazine rings is 1. The van der Waals surface area contributed by atoms with Gasteiger partial charge in [0.15, 0.2) is 5.65 Å². The van der Waals surface area contributed by atoms with E-state index in [9.17, 15) is 9.90 Å². The zero-order valence-corrected chi connectivity index (χ0v) is 19.8. The van der Waals surface area contributed by atoms with Gasteiger partial charge in [-0.15, -0.1) is 0 Å². The Morgan fingerprint density at radius 2 is 1.94 bits per heavy atom. The first-order valence-corrected chi connectivity index (χ1v) is 11.8. The van der Waals surface area contributed by atoms with Gasteiger partial charge in [0.2, 0.25) is 0 Å². The third kappa shape index (κ3) is 3.67. The summed E-state index contributed by atoms with van der Waals surface area (Å²) < 4.78 is 7.36. The first kappa shape index (κ1) is 21.8. The number of nitrogens with zero attached hydrogens (tertiary/aromatic N) is 6. The van der Waals surface area contributed by atoms with Crippen LogP contribution in [-0.4, -0.2) is 72.9 Å². The summed E-state index contributed by atoms with van der Waals surface area (Å²) in [5.74, 6) is 0.580. The van der Waals surface area contributed by atoms with E-state index in [0.717, 1.165) is 46.7 Å². The van der Waals surface area contributed by atoms with E-state index in [1.165, 1.54) is 0 Å². The van der Waals surface area contributed by atoms with Gasteiger partial charge in [0, 0.05) is 55.9 Å². The van der Waals surface area contributed by atoms with Crippen molar-refractivity contribution in [3.05, 3.63) is 65.7 Å². The number of amides is 1. The quantitative estimate of drug-likeness (QED) is 0.450. The molecule has 2 saturated heterocycles. The van der Waals surface area contributed by atoms with Crippen molar-refractivity contribution in [3.8, 4) is 28.1 Å². The number of fused-ring (bicyclic) bond motifs is 3. The molecule has 0 radical (unpaired) electrons. The fraction of sp³-hybridized carbons (Fsp3) is 0.280. The number of pyridine rings is 1. The molecule has 1 amide bonds. The Labute approximate surface area is 206 Å². The largest absolute Gasteiger partial charge is 0.495 e. The minimum atomic E-state index is -0.833. The second kappa shape index (κ2) is 8.51. The van der Waals surface area contributed by atoms with Gasteiger partial charge in [-0.2, -0.15) is 5.10 Å². The van der Waals surface area contributed by atoms with Crippen LogP contribution in [0.5, 0.6) is 5.75 Å². The molecule has 0 spiro atoms. The molecule has 9 nitrogen and oxygen atoms in total. The number of ether oxygens (including phenoxy) is 1. The maximum absolute atomic E-state index is 11.5. The molecule has 35 heavy (non-hydrogen) atoms. The number of hydrogen-bond donors (Lipinski definition) is 1. The van der Waals surface area contributed by atoms with Crippen LogP contribution in [0.3, 0.4) is 0 Å². The van der Waals surface area contributed by atoms with Gasteiger partial charge in [0.1, 0.15) is 11.4 Å². The number of aromatic nitrogens is 4. The van der Waals surface area contributed by atoms with Gasteiger partial charge in [-0.25, -0.2) is 14.3 Å². The van der Waals surface area contributed by atoms with Gasteiger partial charge < -0.3 is 14.7 Å². The van der Waals surface area contributed by atoms with E-state index in [1.807, 2.05) is 40.9 Å². The van der Waals surface area contributed by atoms with Crippen molar-refractivity contribution in [2.75, 3.05) is 20.2 Å². The third-order valence-corrected chi connectivity index (χ3v) is 7.27. The Morgan fingerprint density at radius 3 is 2.66 bits per heavy atom. The fourth-order valence-electron chi connectivity index (χ4n) is 5.29. The first-order chi connectivity index (χ1) is 17.0. The maximum atomic E-state index is 11.5. The molecule has 178 valence electrons. The first-order valence-electron chi connectivity index (χ1n) is 11.4. The zero-order valence-electron chi connectivity index (χ0n) is 19.0. The molecule has 6 rings (SSSR count). The highest BCUT2D eigenvalue weighted by atomic mass is 35.5. The van der Waals surface area contributed by atoms with Crippen molar-refractivity contribution in [2.45, 2.75) is 25.0 Å². The zero-order chi connectivity index (χ0) is 24.1. The van der Waals surface area contributed by atoms with Crippen molar-refractivity contribution in [3.63, 3.8) is 0 Å². The average molecular weight is 491 g/mol. The second-order valence-electron chi connectivity index (χ2n) is 8.89. The van der Waals surface area contributed by atoms with E-state index in [4.69, 9.17) is 26.4 Å². The molecule has 0 saturated carbocycles. The van der Waals surface area contributed by atoms with Crippen LogP contribution >= 0.6 is 11.6 Å². The van der Waals surface area contributed by atoms with Gasteiger partial charge in [-0.1, -0.05) is 17.7 Å². The Morgan fingerprint density at radius 1 is 1.11 bits per heavy atom. The summed E-state index contributed by atoms with van der Waals surface area (Å²) in [6, 6.07) is 11.8. The molecular formula is C25H23ClN6O3. The van der Waals surface area contributed by atoms with E-state index in [0.29, 0.717) is 23.9 Å². The van der Waals surface area contributed by atoms with E-state index >= 15 is 0 Å². The summed E-state index contributed by atoms with van der Waals surface area (Å²) in [7, 11) is 1.59. The molecule has 2 atom stereocenters. The Balaban J connectivity index is 1.45. The summed E-state index contributed by atoms with van der Waals surface area (Å²) in [5, 5.41) is 15.0. The predicted octanol–water partition coefficient (Wildman–Crippen LogP) is 4.06. The van der Waals surface area contributed by atoms with E-state index in [1.54, 1.807) is 30.6 Å². The summed E-state index contributed by atoms with van der Waals surface area (Å²) in [5.41, 5.74) is 5.22. The van der Waals surface area contributed by atoms with Crippen LogP contribution in [0.1, 0.15) is 12.1 Å². The van der Waals surface area contributed by atoms with Crippen LogP contribution in [0.4, 0.5) is 4.79 Å². The van der Waals surface area contributed by atoms with Crippen molar-refractivity contribution in [1.29, 1.82) is 0 Å². The lowest BCUT2D eigenvalue weighted by Gasteiger charge is -2.32. The lowest BCUT2D eigenvalue weighted by atomic mass is 10.0. The predicted molar refractivity (Wildman–Crippen MR) is 131 cm³/mol. The minimum Gasteiger partial charge on any atom is -0.495 e. The van der Waals surface area contributed by atoms with Gasteiger partial charge >= 0.3 is 6.09 Å². The molecule has 10 heteroatoms. The monoisotopic (exact) mass is 490 g/mol. The standard InChI is InChI=1S/C25H23ClN6O3/c1-35-21-10-16(2-3-20(21)26)22-23(15-4-7-27-8-5-15)29-32-17(6-9-28-24(22)32)12-30-13-19-11-18(30)14-31(19)25(33)34/h2-10,18-19H,11-14H2,1H3,(H,33,34)/t18-,19-/m0/s1. The molecule has 5 heterocycles. The normalized spacial score (nSPS) is 19.5. The number of carbonyl (C=O) groups is 1. The molecule has 3 aromatic heterocycles. The molecule has 0 aliphatic carbocycles. The highest BCUT2D eigenvalue weighted by molar-refractivity contribution is 6.32. The highest BCUT2D eigenvalue weighted by Crippen LogP contribution is 2.38. The van der Waals surface area contributed by atoms with Crippen LogP contribution in [0.25, 0.3) is 28.0 Å². The van der Waals surface area contributed by atoms with Gasteiger partial charge in [0.05, 0.1) is 23.4 Å². The Kier molecular flexibility index (Phi) is 5.31. The van der Waals surface area contributed by atoms with E-state index < -0.39 is 6.09 Å². The van der Waals surface area contributed by atoms with Crippen LogP contribution < -0.4 is 4.74 Å². The fourth-order valence-corrected chi connectivity index (χ4v) is 5.49. The van der Waals surface area contributed by atoms with Crippen LogP contribution in [0, 0.1) is 0 Å².